The number of anilines is 1. The van der Waals surface area contributed by atoms with Crippen LogP contribution in [0.15, 0.2) is 23.9 Å². The molecule has 0 amide bonds. The van der Waals surface area contributed by atoms with Crippen LogP contribution in [-0.4, -0.2) is 14.2 Å². The number of benzene rings is 1. The normalized spacial score (nSPS) is 8.72. The Balaban J connectivity index is 3.09. The van der Waals surface area contributed by atoms with Gasteiger partial charge in [-0.15, -0.1) is 0 Å². The Morgan fingerprint density at radius 3 is 2.22 bits per heavy atom. The van der Waals surface area contributed by atoms with Gasteiger partial charge < -0.3 is 14.8 Å². The molecule has 92 valence electrons. The van der Waals surface area contributed by atoms with Crippen molar-refractivity contribution in [2.45, 2.75) is 6.92 Å². The van der Waals surface area contributed by atoms with Gasteiger partial charge in [0.2, 0.25) is 0 Å². The molecule has 0 unspecified atom stereocenters. The summed E-state index contributed by atoms with van der Waals surface area (Å²) in [5.74, 6) is 1.21. The maximum Gasteiger partial charge on any atom is 0.162 e. The van der Waals surface area contributed by atoms with Crippen LogP contribution in [0.3, 0.4) is 0 Å². The minimum absolute atomic E-state index is 0.00387. The van der Waals surface area contributed by atoms with Crippen molar-refractivity contribution in [3.63, 3.8) is 0 Å². The summed E-state index contributed by atoms with van der Waals surface area (Å²) in [4.78, 5) is 0. The third-order valence-corrected chi connectivity index (χ3v) is 2.34. The zero-order valence-electron chi connectivity index (χ0n) is 10.4. The first-order valence-electron chi connectivity index (χ1n) is 5.15. The molecule has 0 aliphatic rings. The lowest BCUT2D eigenvalue weighted by Gasteiger charge is -2.12. The lowest BCUT2D eigenvalue weighted by atomic mass is 10.1. The number of methoxy groups -OCH3 is 2. The van der Waals surface area contributed by atoms with Crippen molar-refractivity contribution >= 4 is 5.69 Å². The van der Waals surface area contributed by atoms with Crippen molar-refractivity contribution in [2.75, 3.05) is 19.5 Å². The summed E-state index contributed by atoms with van der Waals surface area (Å²) in [5, 5.41) is 20.2. The van der Waals surface area contributed by atoms with E-state index in [4.69, 9.17) is 20.0 Å². The van der Waals surface area contributed by atoms with E-state index in [2.05, 4.69) is 5.32 Å². The largest absolute Gasteiger partial charge is 0.493 e. The Hall–Kier alpha value is -2.66. The molecule has 1 aromatic carbocycles. The van der Waals surface area contributed by atoms with Gasteiger partial charge in [-0.3, -0.25) is 0 Å². The molecule has 0 atom stereocenters. The van der Waals surface area contributed by atoms with Crippen molar-refractivity contribution in [3.8, 4) is 23.6 Å². The van der Waals surface area contributed by atoms with Crippen LogP contribution in [0.5, 0.6) is 11.5 Å². The second-order valence-corrected chi connectivity index (χ2v) is 3.45. The van der Waals surface area contributed by atoms with Gasteiger partial charge in [0.15, 0.2) is 11.5 Å². The number of rotatable bonds is 4. The van der Waals surface area contributed by atoms with E-state index in [9.17, 15) is 0 Å². The van der Waals surface area contributed by atoms with Gasteiger partial charge in [0.25, 0.3) is 0 Å². The number of aryl methyl sites for hydroxylation is 1. The average molecular weight is 243 g/mol. The van der Waals surface area contributed by atoms with Crippen LogP contribution in [0.1, 0.15) is 5.56 Å². The summed E-state index contributed by atoms with van der Waals surface area (Å²) < 4.78 is 10.3. The van der Waals surface area contributed by atoms with Crippen molar-refractivity contribution in [2.24, 2.45) is 0 Å². The summed E-state index contributed by atoms with van der Waals surface area (Å²) in [6.07, 6.45) is 1.36. The molecule has 0 saturated heterocycles. The van der Waals surface area contributed by atoms with Crippen molar-refractivity contribution in [1.82, 2.24) is 0 Å². The molecule has 1 N–H and O–H groups in total. The average Bonchev–Trinajstić information content (AvgIpc) is 2.40. The molecule has 0 aromatic heterocycles. The van der Waals surface area contributed by atoms with Crippen LogP contribution < -0.4 is 14.8 Å². The van der Waals surface area contributed by atoms with Gasteiger partial charge in [-0.2, -0.15) is 10.5 Å². The Morgan fingerprint density at radius 2 is 1.72 bits per heavy atom. The molecular weight excluding hydrogens is 230 g/mol. The van der Waals surface area contributed by atoms with Gasteiger partial charge in [-0.05, 0) is 18.6 Å². The Morgan fingerprint density at radius 1 is 1.17 bits per heavy atom. The maximum absolute atomic E-state index is 8.63. The summed E-state index contributed by atoms with van der Waals surface area (Å²) in [6, 6.07) is 7.11. The van der Waals surface area contributed by atoms with Crippen molar-refractivity contribution < 1.29 is 9.47 Å². The molecule has 1 rings (SSSR count). The molecule has 5 heteroatoms. The smallest absolute Gasteiger partial charge is 0.162 e. The van der Waals surface area contributed by atoms with E-state index in [0.29, 0.717) is 11.5 Å². The first-order chi connectivity index (χ1) is 8.65. The predicted molar refractivity (Wildman–Crippen MR) is 67.2 cm³/mol. The molecule has 5 nitrogen and oxygen atoms in total. The molecular formula is C13H13N3O2. The fraction of sp³-hybridized carbons (Fsp3) is 0.231. The van der Waals surface area contributed by atoms with Crippen LogP contribution in [0.2, 0.25) is 0 Å². The number of allylic oxidation sites excluding steroid dienone is 1. The van der Waals surface area contributed by atoms with Gasteiger partial charge in [0, 0.05) is 18.0 Å². The van der Waals surface area contributed by atoms with Gasteiger partial charge in [0.1, 0.15) is 17.7 Å². The van der Waals surface area contributed by atoms with Crippen LogP contribution in [0, 0.1) is 29.6 Å². The zero-order valence-corrected chi connectivity index (χ0v) is 10.4. The molecule has 0 saturated carbocycles. The van der Waals surface area contributed by atoms with E-state index in [0.717, 1.165) is 11.3 Å². The minimum atomic E-state index is 0.00387. The van der Waals surface area contributed by atoms with Crippen molar-refractivity contribution in [1.29, 1.82) is 10.5 Å². The summed E-state index contributed by atoms with van der Waals surface area (Å²) in [6.45, 7) is 1.89. The molecule has 0 spiro atoms. The van der Waals surface area contributed by atoms with Gasteiger partial charge >= 0.3 is 0 Å². The molecule has 0 fully saturated rings. The van der Waals surface area contributed by atoms with Crippen LogP contribution >= 0.6 is 0 Å². The van der Waals surface area contributed by atoms with Crippen molar-refractivity contribution in [3.05, 3.63) is 29.5 Å². The SMILES string of the molecule is COc1cc(C)c(NC=C(C#N)C#N)cc1OC. The van der Waals surface area contributed by atoms with E-state index in [-0.39, 0.29) is 5.57 Å². The fourth-order valence-corrected chi connectivity index (χ4v) is 1.38. The molecule has 0 heterocycles. The standard InChI is InChI=1S/C13H13N3O2/c1-9-4-12(17-2)13(18-3)5-11(9)16-8-10(6-14)7-15/h4-5,8,16H,1-3H3. The highest BCUT2D eigenvalue weighted by atomic mass is 16.5. The molecule has 18 heavy (non-hydrogen) atoms. The van der Waals surface area contributed by atoms with E-state index in [1.54, 1.807) is 32.4 Å². The number of nitriles is 2. The maximum atomic E-state index is 8.63. The van der Waals surface area contributed by atoms with Crippen LogP contribution in [0.4, 0.5) is 5.69 Å². The monoisotopic (exact) mass is 243 g/mol. The fourth-order valence-electron chi connectivity index (χ4n) is 1.38. The number of nitrogens with zero attached hydrogens (tertiary/aromatic N) is 2. The highest BCUT2D eigenvalue weighted by Crippen LogP contribution is 2.32. The first-order valence-corrected chi connectivity index (χ1v) is 5.15. The second kappa shape index (κ2) is 6.17. The number of ether oxygens (including phenoxy) is 2. The molecule has 0 bridgehead atoms. The van der Waals surface area contributed by atoms with E-state index in [1.807, 2.05) is 13.0 Å². The molecule has 1 aromatic rings. The Bertz CT molecular complexity index is 535. The highest BCUT2D eigenvalue weighted by Gasteiger charge is 2.07. The van der Waals surface area contributed by atoms with E-state index in [1.165, 1.54) is 6.20 Å². The Kier molecular flexibility index (Phi) is 4.59. The van der Waals surface area contributed by atoms with E-state index >= 15 is 0 Å². The summed E-state index contributed by atoms with van der Waals surface area (Å²) in [7, 11) is 3.11. The number of hydrogen-bond donors (Lipinski definition) is 1. The third-order valence-electron chi connectivity index (χ3n) is 2.34. The molecule has 0 aliphatic heterocycles. The second-order valence-electron chi connectivity index (χ2n) is 3.45. The summed E-state index contributed by atoms with van der Waals surface area (Å²) in [5.41, 5.74) is 1.67. The summed E-state index contributed by atoms with van der Waals surface area (Å²) >= 11 is 0. The molecule has 0 aliphatic carbocycles. The first kappa shape index (κ1) is 13.4. The lowest BCUT2D eigenvalue weighted by molar-refractivity contribution is 0.355. The van der Waals surface area contributed by atoms with Gasteiger partial charge in [0.05, 0.1) is 14.2 Å². The van der Waals surface area contributed by atoms with Gasteiger partial charge in [-0.25, -0.2) is 0 Å². The van der Waals surface area contributed by atoms with Crippen LogP contribution in [-0.2, 0) is 0 Å². The van der Waals surface area contributed by atoms with E-state index < -0.39 is 0 Å². The van der Waals surface area contributed by atoms with Gasteiger partial charge in [-0.1, -0.05) is 0 Å². The number of nitrogens with one attached hydrogen (secondary N) is 1. The zero-order chi connectivity index (χ0) is 13.5. The van der Waals surface area contributed by atoms with Crippen LogP contribution in [0.25, 0.3) is 0 Å². The lowest BCUT2D eigenvalue weighted by Crippen LogP contribution is -1.97. The highest BCUT2D eigenvalue weighted by molar-refractivity contribution is 5.62. The Labute approximate surface area is 106 Å². The molecule has 0 radical (unpaired) electrons. The number of hydrogen-bond acceptors (Lipinski definition) is 5. The third kappa shape index (κ3) is 2.93. The predicted octanol–water partition coefficient (Wildman–Crippen LogP) is 2.36. The quantitative estimate of drug-likeness (QED) is 0.821. The topological polar surface area (TPSA) is 78.1 Å². The minimum Gasteiger partial charge on any atom is -0.493 e.